The molecule has 0 aromatic rings. The number of ether oxygens (including phenoxy) is 1. The first-order valence-electron chi connectivity index (χ1n) is 17.5. The number of carbonyl (C=O) groups excluding carboxylic acids is 1. The van der Waals surface area contributed by atoms with Crippen LogP contribution in [0.4, 0.5) is 0 Å². The van der Waals surface area contributed by atoms with Crippen molar-refractivity contribution in [3.8, 4) is 0 Å². The van der Waals surface area contributed by atoms with Crippen molar-refractivity contribution in [2.24, 2.45) is 0 Å². The molecule has 0 rings (SSSR count). The molecule has 1 N–H and O–H groups in total. The van der Waals surface area contributed by atoms with Gasteiger partial charge in [-0.3, -0.25) is 9.59 Å². The molecule has 0 heterocycles. The average Bonchev–Trinajstić information content (AvgIpc) is 2.91. The van der Waals surface area contributed by atoms with Crippen LogP contribution in [0.15, 0.2) is 0 Å². The van der Waals surface area contributed by atoms with Crippen molar-refractivity contribution < 1.29 is 19.4 Å². The number of carbonyl (C=O) groups is 2. The van der Waals surface area contributed by atoms with Gasteiger partial charge in [0.05, 0.1) is 0 Å². The van der Waals surface area contributed by atoms with Crippen LogP contribution in [0.25, 0.3) is 0 Å². The van der Waals surface area contributed by atoms with E-state index in [0.29, 0.717) is 19.3 Å². The van der Waals surface area contributed by atoms with Gasteiger partial charge in [-0.05, 0) is 25.7 Å². The van der Waals surface area contributed by atoms with E-state index in [1.165, 1.54) is 141 Å². The van der Waals surface area contributed by atoms with E-state index in [2.05, 4.69) is 13.8 Å². The molecule has 1 atom stereocenters. The van der Waals surface area contributed by atoms with Crippen LogP contribution in [-0.2, 0) is 14.3 Å². The maximum Gasteiger partial charge on any atom is 0.306 e. The standard InChI is InChI=1S/C35H68O4/c1-3-5-6-7-8-9-10-11-12-13-14-15-16-17-18-19-20-21-22-23-24-25-26-27-32-35(38)39-33(29-4-2)30-28-31-34(36)37/h33H,3-32H2,1-2H3,(H,36,37). The van der Waals surface area contributed by atoms with Crippen LogP contribution < -0.4 is 0 Å². The summed E-state index contributed by atoms with van der Waals surface area (Å²) in [7, 11) is 0. The van der Waals surface area contributed by atoms with E-state index < -0.39 is 5.97 Å². The fourth-order valence-electron chi connectivity index (χ4n) is 5.54. The summed E-state index contributed by atoms with van der Waals surface area (Å²) in [5, 5.41) is 8.78. The number of carboxylic acids is 1. The van der Waals surface area contributed by atoms with Crippen molar-refractivity contribution in [2.75, 3.05) is 0 Å². The second kappa shape index (κ2) is 31.5. The van der Waals surface area contributed by atoms with E-state index in [4.69, 9.17) is 9.84 Å². The van der Waals surface area contributed by atoms with E-state index in [0.717, 1.165) is 25.7 Å². The Morgan fingerprint density at radius 1 is 0.462 bits per heavy atom. The van der Waals surface area contributed by atoms with E-state index in [-0.39, 0.29) is 18.5 Å². The molecule has 0 saturated carbocycles. The van der Waals surface area contributed by atoms with Gasteiger partial charge in [-0.15, -0.1) is 0 Å². The monoisotopic (exact) mass is 553 g/mol. The maximum absolute atomic E-state index is 12.1. The van der Waals surface area contributed by atoms with Crippen LogP contribution in [0, 0.1) is 0 Å². The number of esters is 1. The molecule has 0 saturated heterocycles. The van der Waals surface area contributed by atoms with Gasteiger partial charge in [-0.25, -0.2) is 0 Å². The lowest BCUT2D eigenvalue weighted by Gasteiger charge is -2.17. The lowest BCUT2D eigenvalue weighted by atomic mass is 10.0. The predicted octanol–water partition coefficient (Wildman–Crippen LogP) is 11.7. The van der Waals surface area contributed by atoms with Crippen molar-refractivity contribution in [3.63, 3.8) is 0 Å². The Morgan fingerprint density at radius 3 is 1.15 bits per heavy atom. The van der Waals surface area contributed by atoms with Crippen molar-refractivity contribution in [1.29, 1.82) is 0 Å². The van der Waals surface area contributed by atoms with Crippen molar-refractivity contribution in [3.05, 3.63) is 0 Å². The zero-order chi connectivity index (χ0) is 28.7. The number of rotatable bonds is 32. The quantitative estimate of drug-likeness (QED) is 0.0665. The summed E-state index contributed by atoms with van der Waals surface area (Å²) < 4.78 is 5.59. The van der Waals surface area contributed by atoms with Gasteiger partial charge in [0.15, 0.2) is 0 Å². The van der Waals surface area contributed by atoms with E-state index in [9.17, 15) is 9.59 Å². The molecule has 1 unspecified atom stereocenters. The molecule has 0 radical (unpaired) electrons. The van der Waals surface area contributed by atoms with Gasteiger partial charge in [0.25, 0.3) is 0 Å². The number of unbranched alkanes of at least 4 members (excludes halogenated alkanes) is 23. The SMILES string of the molecule is CCCCCCCCCCCCCCCCCCCCCCCCCCC(=O)OC(CCC)CCCC(=O)O. The summed E-state index contributed by atoms with van der Waals surface area (Å²) in [5.41, 5.74) is 0. The summed E-state index contributed by atoms with van der Waals surface area (Å²) in [6.07, 6.45) is 36.5. The molecule has 0 aromatic carbocycles. The van der Waals surface area contributed by atoms with Gasteiger partial charge in [0.1, 0.15) is 6.10 Å². The first-order chi connectivity index (χ1) is 19.1. The number of aliphatic carboxylic acids is 1. The zero-order valence-electron chi connectivity index (χ0n) is 26.5. The van der Waals surface area contributed by atoms with Gasteiger partial charge in [-0.1, -0.05) is 168 Å². The molecule has 0 aliphatic heterocycles. The molecular formula is C35H68O4. The van der Waals surface area contributed by atoms with Crippen molar-refractivity contribution in [1.82, 2.24) is 0 Å². The molecule has 0 aliphatic carbocycles. The molecular weight excluding hydrogens is 484 g/mol. The molecule has 0 bridgehead atoms. The molecule has 0 fully saturated rings. The highest BCUT2D eigenvalue weighted by Gasteiger charge is 2.14. The zero-order valence-corrected chi connectivity index (χ0v) is 26.5. The fourth-order valence-corrected chi connectivity index (χ4v) is 5.54. The highest BCUT2D eigenvalue weighted by molar-refractivity contribution is 5.69. The molecule has 4 heteroatoms. The van der Waals surface area contributed by atoms with Gasteiger partial charge >= 0.3 is 11.9 Å². The molecule has 39 heavy (non-hydrogen) atoms. The Balaban J connectivity index is 3.30. The van der Waals surface area contributed by atoms with Crippen molar-refractivity contribution >= 4 is 11.9 Å². The third-order valence-electron chi connectivity index (χ3n) is 8.06. The first-order valence-corrected chi connectivity index (χ1v) is 17.5. The summed E-state index contributed by atoms with van der Waals surface area (Å²) in [6.45, 7) is 4.36. The third-order valence-corrected chi connectivity index (χ3v) is 8.06. The van der Waals surface area contributed by atoms with Gasteiger partial charge < -0.3 is 9.84 Å². The van der Waals surface area contributed by atoms with Crippen LogP contribution in [0.1, 0.15) is 206 Å². The summed E-state index contributed by atoms with van der Waals surface area (Å²) >= 11 is 0. The van der Waals surface area contributed by atoms with Crippen LogP contribution in [0.2, 0.25) is 0 Å². The minimum absolute atomic E-state index is 0.109. The Hall–Kier alpha value is -1.06. The Kier molecular flexibility index (Phi) is 30.6. The van der Waals surface area contributed by atoms with Crippen LogP contribution in [0.3, 0.4) is 0 Å². The van der Waals surface area contributed by atoms with Gasteiger partial charge in [0, 0.05) is 12.8 Å². The van der Waals surface area contributed by atoms with E-state index in [1.54, 1.807) is 0 Å². The largest absolute Gasteiger partial charge is 0.481 e. The highest BCUT2D eigenvalue weighted by atomic mass is 16.5. The predicted molar refractivity (Wildman–Crippen MR) is 167 cm³/mol. The Labute approximate surface area is 243 Å². The smallest absolute Gasteiger partial charge is 0.306 e. The molecule has 4 nitrogen and oxygen atoms in total. The lowest BCUT2D eigenvalue weighted by Crippen LogP contribution is -2.18. The molecule has 0 spiro atoms. The number of hydrogen-bond acceptors (Lipinski definition) is 3. The maximum atomic E-state index is 12.1. The minimum Gasteiger partial charge on any atom is -0.481 e. The Morgan fingerprint density at radius 2 is 0.821 bits per heavy atom. The topological polar surface area (TPSA) is 63.6 Å². The lowest BCUT2D eigenvalue weighted by molar-refractivity contribution is -0.150. The minimum atomic E-state index is -0.781. The molecule has 0 aromatic heterocycles. The Bertz CT molecular complexity index is 519. The van der Waals surface area contributed by atoms with E-state index in [1.807, 2.05) is 0 Å². The number of hydrogen-bond donors (Lipinski definition) is 1. The normalized spacial score (nSPS) is 12.1. The second-order valence-corrected chi connectivity index (χ2v) is 12.1. The second-order valence-electron chi connectivity index (χ2n) is 12.1. The molecule has 0 amide bonds. The van der Waals surface area contributed by atoms with Crippen LogP contribution in [0.5, 0.6) is 0 Å². The van der Waals surface area contributed by atoms with Crippen molar-refractivity contribution in [2.45, 2.75) is 213 Å². The number of carboxylic acid groups (broad SMARTS) is 1. The fraction of sp³-hybridized carbons (Fsp3) is 0.943. The highest BCUT2D eigenvalue weighted by Crippen LogP contribution is 2.17. The summed E-state index contributed by atoms with van der Waals surface area (Å²) in [5.74, 6) is -0.889. The molecule has 0 aliphatic rings. The van der Waals surface area contributed by atoms with Gasteiger partial charge in [0.2, 0.25) is 0 Å². The van der Waals surface area contributed by atoms with Crippen LogP contribution in [-0.4, -0.2) is 23.1 Å². The van der Waals surface area contributed by atoms with Crippen LogP contribution >= 0.6 is 0 Å². The first kappa shape index (κ1) is 37.9. The average molecular weight is 553 g/mol. The summed E-state index contributed by atoms with van der Waals surface area (Å²) in [4.78, 5) is 22.8. The van der Waals surface area contributed by atoms with Gasteiger partial charge in [-0.2, -0.15) is 0 Å². The summed E-state index contributed by atoms with van der Waals surface area (Å²) in [6, 6.07) is 0. The molecule has 232 valence electrons. The third kappa shape index (κ3) is 31.3. The van der Waals surface area contributed by atoms with E-state index >= 15 is 0 Å².